The molecule has 0 aliphatic heterocycles. The van der Waals surface area contributed by atoms with Gasteiger partial charge in [0.1, 0.15) is 11.3 Å². The van der Waals surface area contributed by atoms with E-state index in [1.165, 1.54) is 0 Å². The van der Waals surface area contributed by atoms with E-state index in [1.54, 1.807) is 6.20 Å². The Morgan fingerprint density at radius 1 is 1.47 bits per heavy atom. The number of rotatable bonds is 3. The van der Waals surface area contributed by atoms with Gasteiger partial charge < -0.3 is 14.8 Å². The van der Waals surface area contributed by atoms with Gasteiger partial charge in [0.2, 0.25) is 0 Å². The van der Waals surface area contributed by atoms with E-state index in [2.05, 4.69) is 10.3 Å². The molecular formula is C14H17N3O2. The van der Waals surface area contributed by atoms with E-state index in [9.17, 15) is 9.90 Å². The van der Waals surface area contributed by atoms with Crippen LogP contribution in [0.25, 0.3) is 5.65 Å². The number of carbonyl (C=O) groups excluding carboxylic acids is 1. The van der Waals surface area contributed by atoms with Gasteiger partial charge in [-0.25, -0.2) is 4.98 Å². The number of nitrogens with one attached hydrogen (secondary N) is 1. The Bertz CT molecular complexity index is 560. The van der Waals surface area contributed by atoms with Crippen molar-refractivity contribution in [1.29, 1.82) is 0 Å². The van der Waals surface area contributed by atoms with Crippen LogP contribution in [0.15, 0.2) is 30.6 Å². The molecule has 5 heteroatoms. The molecule has 0 aromatic carbocycles. The van der Waals surface area contributed by atoms with Gasteiger partial charge in [0, 0.05) is 18.9 Å². The summed E-state index contributed by atoms with van der Waals surface area (Å²) in [6.07, 6.45) is 6.00. The number of hydrogen-bond acceptors (Lipinski definition) is 3. The molecule has 2 unspecified atom stereocenters. The van der Waals surface area contributed by atoms with E-state index >= 15 is 0 Å². The third-order valence-electron chi connectivity index (χ3n) is 3.66. The van der Waals surface area contributed by atoms with E-state index in [4.69, 9.17) is 0 Å². The monoisotopic (exact) mass is 259 g/mol. The first-order valence-corrected chi connectivity index (χ1v) is 6.62. The second-order valence-electron chi connectivity index (χ2n) is 5.14. The first-order chi connectivity index (χ1) is 9.22. The molecule has 1 saturated carbocycles. The molecule has 1 aliphatic rings. The fraction of sp³-hybridized carbons (Fsp3) is 0.429. The van der Waals surface area contributed by atoms with Gasteiger partial charge >= 0.3 is 0 Å². The number of aliphatic hydroxyl groups is 1. The number of amides is 1. The summed E-state index contributed by atoms with van der Waals surface area (Å²) in [5.74, 6) is 0.237. The highest BCUT2D eigenvalue weighted by Crippen LogP contribution is 2.24. The molecule has 2 aromatic heterocycles. The fourth-order valence-electron chi connectivity index (χ4n) is 2.61. The maximum Gasteiger partial charge on any atom is 0.271 e. The van der Waals surface area contributed by atoms with Crippen LogP contribution in [0.4, 0.5) is 0 Å². The molecule has 19 heavy (non-hydrogen) atoms. The van der Waals surface area contributed by atoms with Gasteiger partial charge in [-0.3, -0.25) is 4.79 Å². The molecule has 1 aliphatic carbocycles. The predicted octanol–water partition coefficient (Wildman–Crippen LogP) is 1.23. The van der Waals surface area contributed by atoms with Crippen molar-refractivity contribution in [3.63, 3.8) is 0 Å². The molecule has 1 amide bonds. The number of nitrogens with zero attached hydrogens (tertiary/aromatic N) is 2. The van der Waals surface area contributed by atoms with Gasteiger partial charge in [-0.1, -0.05) is 6.07 Å². The Balaban J connectivity index is 1.63. The second kappa shape index (κ2) is 5.01. The lowest BCUT2D eigenvalue weighted by Gasteiger charge is -2.09. The van der Waals surface area contributed by atoms with Crippen LogP contribution < -0.4 is 5.32 Å². The Kier molecular flexibility index (Phi) is 3.21. The average molecular weight is 259 g/mol. The highest BCUT2D eigenvalue weighted by atomic mass is 16.3. The minimum absolute atomic E-state index is 0.148. The molecule has 0 radical (unpaired) electrons. The maximum atomic E-state index is 12.0. The molecule has 1 fully saturated rings. The Labute approximate surface area is 111 Å². The van der Waals surface area contributed by atoms with Crippen LogP contribution in [-0.4, -0.2) is 33.0 Å². The molecule has 0 bridgehead atoms. The summed E-state index contributed by atoms with van der Waals surface area (Å²) in [6, 6.07) is 5.66. The quantitative estimate of drug-likeness (QED) is 0.871. The number of fused-ring (bicyclic) bond motifs is 1. The molecule has 2 heterocycles. The van der Waals surface area contributed by atoms with Crippen molar-refractivity contribution in [2.75, 3.05) is 6.54 Å². The van der Waals surface area contributed by atoms with E-state index < -0.39 is 0 Å². The first kappa shape index (κ1) is 12.2. The van der Waals surface area contributed by atoms with Crippen LogP contribution >= 0.6 is 0 Å². The van der Waals surface area contributed by atoms with Gasteiger partial charge in [-0.2, -0.15) is 0 Å². The highest BCUT2D eigenvalue weighted by molar-refractivity contribution is 5.92. The summed E-state index contributed by atoms with van der Waals surface area (Å²) in [5.41, 5.74) is 1.20. The van der Waals surface area contributed by atoms with Crippen molar-refractivity contribution in [1.82, 2.24) is 14.7 Å². The Hall–Kier alpha value is -1.88. The SMILES string of the molecule is O=C(NCC1CCC(O)C1)c1cn2ccccc2n1. The summed E-state index contributed by atoms with van der Waals surface area (Å²) in [5, 5.41) is 12.3. The zero-order chi connectivity index (χ0) is 13.2. The highest BCUT2D eigenvalue weighted by Gasteiger charge is 2.23. The number of pyridine rings is 1. The van der Waals surface area contributed by atoms with Crippen molar-refractivity contribution < 1.29 is 9.90 Å². The van der Waals surface area contributed by atoms with Gasteiger partial charge in [-0.15, -0.1) is 0 Å². The molecule has 3 rings (SSSR count). The van der Waals surface area contributed by atoms with Crippen molar-refractivity contribution in [3.05, 3.63) is 36.3 Å². The normalized spacial score (nSPS) is 22.8. The number of aromatic nitrogens is 2. The average Bonchev–Trinajstić information content (AvgIpc) is 3.01. The number of hydrogen-bond donors (Lipinski definition) is 2. The van der Waals surface area contributed by atoms with Gasteiger partial charge in [0.05, 0.1) is 6.10 Å². The lowest BCUT2D eigenvalue weighted by Crippen LogP contribution is -2.28. The molecule has 5 nitrogen and oxygen atoms in total. The summed E-state index contributed by atoms with van der Waals surface area (Å²) in [7, 11) is 0. The van der Waals surface area contributed by atoms with Crippen molar-refractivity contribution in [3.8, 4) is 0 Å². The van der Waals surface area contributed by atoms with Crippen LogP contribution in [0.1, 0.15) is 29.8 Å². The predicted molar refractivity (Wildman–Crippen MR) is 70.9 cm³/mol. The van der Waals surface area contributed by atoms with E-state index in [0.717, 1.165) is 24.9 Å². The van der Waals surface area contributed by atoms with E-state index in [1.807, 2.05) is 28.8 Å². The summed E-state index contributed by atoms with van der Waals surface area (Å²) < 4.78 is 1.83. The van der Waals surface area contributed by atoms with E-state index in [-0.39, 0.29) is 12.0 Å². The fourth-order valence-corrected chi connectivity index (χ4v) is 2.61. The van der Waals surface area contributed by atoms with Crippen LogP contribution in [0.2, 0.25) is 0 Å². The minimum atomic E-state index is -0.197. The number of imidazole rings is 1. The molecular weight excluding hydrogens is 242 g/mol. The van der Waals surface area contributed by atoms with Gasteiger partial charge in [0.25, 0.3) is 5.91 Å². The molecule has 0 saturated heterocycles. The van der Waals surface area contributed by atoms with Crippen LogP contribution in [-0.2, 0) is 0 Å². The second-order valence-corrected chi connectivity index (χ2v) is 5.14. The van der Waals surface area contributed by atoms with Gasteiger partial charge in [-0.05, 0) is 37.3 Å². The lowest BCUT2D eigenvalue weighted by molar-refractivity contribution is 0.0940. The molecule has 2 atom stereocenters. The summed E-state index contributed by atoms with van der Waals surface area (Å²) in [6.45, 7) is 0.615. The Morgan fingerprint density at radius 3 is 3.11 bits per heavy atom. The van der Waals surface area contributed by atoms with Crippen molar-refractivity contribution in [2.45, 2.75) is 25.4 Å². The largest absolute Gasteiger partial charge is 0.393 e. The molecule has 0 spiro atoms. The first-order valence-electron chi connectivity index (χ1n) is 6.62. The molecule has 2 N–H and O–H groups in total. The number of carbonyl (C=O) groups is 1. The third-order valence-corrected chi connectivity index (χ3v) is 3.66. The smallest absolute Gasteiger partial charge is 0.271 e. The van der Waals surface area contributed by atoms with Crippen LogP contribution in [0.3, 0.4) is 0 Å². The third kappa shape index (κ3) is 2.61. The van der Waals surface area contributed by atoms with E-state index in [0.29, 0.717) is 18.2 Å². The standard InChI is InChI=1S/C14H17N3O2/c18-11-5-4-10(7-11)8-15-14(19)12-9-17-6-2-1-3-13(17)16-12/h1-3,6,9-11,18H,4-5,7-8H2,(H,15,19). The molecule has 100 valence electrons. The zero-order valence-corrected chi connectivity index (χ0v) is 10.6. The van der Waals surface area contributed by atoms with Crippen LogP contribution in [0.5, 0.6) is 0 Å². The van der Waals surface area contributed by atoms with Crippen molar-refractivity contribution in [2.24, 2.45) is 5.92 Å². The Morgan fingerprint density at radius 2 is 2.37 bits per heavy atom. The van der Waals surface area contributed by atoms with Crippen LogP contribution in [0, 0.1) is 5.92 Å². The summed E-state index contributed by atoms with van der Waals surface area (Å²) >= 11 is 0. The maximum absolute atomic E-state index is 12.0. The topological polar surface area (TPSA) is 66.6 Å². The lowest BCUT2D eigenvalue weighted by atomic mass is 10.1. The molecule has 2 aromatic rings. The minimum Gasteiger partial charge on any atom is -0.393 e. The van der Waals surface area contributed by atoms with Gasteiger partial charge in [0.15, 0.2) is 0 Å². The summed E-state index contributed by atoms with van der Waals surface area (Å²) in [4.78, 5) is 16.3. The number of aliphatic hydroxyl groups excluding tert-OH is 1. The zero-order valence-electron chi connectivity index (χ0n) is 10.6. The van der Waals surface area contributed by atoms with Crippen molar-refractivity contribution >= 4 is 11.6 Å².